The van der Waals surface area contributed by atoms with E-state index >= 15 is 4.39 Å². The Kier molecular flexibility index (Phi) is 9.34. The van der Waals surface area contributed by atoms with Gasteiger partial charge in [-0.05, 0) is 77.9 Å². The Bertz CT molecular complexity index is 1320. The second-order valence-corrected chi connectivity index (χ2v) is 9.81. The highest BCUT2D eigenvalue weighted by molar-refractivity contribution is 5.85. The van der Waals surface area contributed by atoms with Gasteiger partial charge in [-0.3, -0.25) is 0 Å². The molecule has 0 amide bonds. The third kappa shape index (κ3) is 7.08. The summed E-state index contributed by atoms with van der Waals surface area (Å²) in [5.74, 6) is 5.95. The van der Waals surface area contributed by atoms with E-state index in [1.807, 2.05) is 30.3 Å². The van der Waals surface area contributed by atoms with Crippen molar-refractivity contribution in [3.8, 4) is 11.8 Å². The third-order valence-corrected chi connectivity index (χ3v) is 6.90. The summed E-state index contributed by atoms with van der Waals surface area (Å²) >= 11 is 0. The Labute approximate surface area is 216 Å². The number of hydrogen-bond acceptors (Lipinski definition) is 0. The first kappa shape index (κ1) is 25.7. The van der Waals surface area contributed by atoms with Crippen molar-refractivity contribution in [3.63, 3.8) is 0 Å². The zero-order chi connectivity index (χ0) is 25.2. The van der Waals surface area contributed by atoms with E-state index in [4.69, 9.17) is 0 Å². The highest BCUT2D eigenvalue weighted by atomic mass is 19.1. The molecule has 0 N–H and O–H groups in total. The van der Waals surface area contributed by atoms with Gasteiger partial charge in [0.05, 0.1) is 5.56 Å². The Morgan fingerprint density at radius 3 is 1.86 bits per heavy atom. The quantitative estimate of drug-likeness (QED) is 0.158. The van der Waals surface area contributed by atoms with Crippen LogP contribution >= 0.6 is 0 Å². The molecule has 0 saturated heterocycles. The molecule has 0 saturated carbocycles. The number of benzene rings is 4. The van der Waals surface area contributed by atoms with Gasteiger partial charge < -0.3 is 0 Å². The average Bonchev–Trinajstić information content (AvgIpc) is 2.91. The normalized spacial score (nSPS) is 10.9. The molecular weight excluding hydrogens is 439 g/mol. The van der Waals surface area contributed by atoms with Gasteiger partial charge in [-0.15, -0.1) is 0 Å². The molecule has 184 valence electrons. The van der Waals surface area contributed by atoms with Gasteiger partial charge in [0, 0.05) is 10.9 Å². The van der Waals surface area contributed by atoms with Crippen LogP contribution in [-0.4, -0.2) is 0 Å². The van der Waals surface area contributed by atoms with Gasteiger partial charge in [-0.1, -0.05) is 112 Å². The SMILES string of the molecule is CCCCCCc1ccc(CCc2ccc(C#Cc3ccc4cc(CCC)ccc4c3F)cc2)cc1. The van der Waals surface area contributed by atoms with Crippen molar-refractivity contribution in [2.24, 2.45) is 0 Å². The average molecular weight is 477 g/mol. The Morgan fingerprint density at radius 1 is 0.556 bits per heavy atom. The van der Waals surface area contributed by atoms with Crippen LogP contribution in [0.4, 0.5) is 4.39 Å². The van der Waals surface area contributed by atoms with Gasteiger partial charge in [0.15, 0.2) is 0 Å². The maximum Gasteiger partial charge on any atom is 0.146 e. The number of halogens is 1. The summed E-state index contributed by atoms with van der Waals surface area (Å²) in [6.07, 6.45) is 10.6. The predicted octanol–water partition coefficient (Wildman–Crippen LogP) is 9.24. The Balaban J connectivity index is 1.34. The van der Waals surface area contributed by atoms with Crippen LogP contribution in [0.1, 0.15) is 79.3 Å². The van der Waals surface area contributed by atoms with Crippen molar-refractivity contribution in [3.05, 3.63) is 118 Å². The van der Waals surface area contributed by atoms with Crippen LogP contribution in [0.5, 0.6) is 0 Å². The van der Waals surface area contributed by atoms with Gasteiger partial charge in [-0.2, -0.15) is 0 Å². The molecular formula is C35H37F. The first-order valence-electron chi connectivity index (χ1n) is 13.6. The Hall–Kier alpha value is -3.37. The van der Waals surface area contributed by atoms with Crippen LogP contribution in [0.2, 0.25) is 0 Å². The van der Waals surface area contributed by atoms with Crippen molar-refractivity contribution in [2.45, 2.75) is 71.6 Å². The number of aryl methyl sites for hydroxylation is 4. The van der Waals surface area contributed by atoms with Gasteiger partial charge in [0.1, 0.15) is 5.82 Å². The zero-order valence-electron chi connectivity index (χ0n) is 21.7. The lowest BCUT2D eigenvalue weighted by molar-refractivity contribution is 0.636. The van der Waals surface area contributed by atoms with E-state index in [1.54, 1.807) is 6.07 Å². The molecule has 0 aliphatic heterocycles. The summed E-state index contributed by atoms with van der Waals surface area (Å²) in [6.45, 7) is 4.41. The molecule has 0 aliphatic rings. The summed E-state index contributed by atoms with van der Waals surface area (Å²) in [5, 5.41) is 1.58. The van der Waals surface area contributed by atoms with Crippen molar-refractivity contribution in [1.29, 1.82) is 0 Å². The molecule has 0 unspecified atom stereocenters. The van der Waals surface area contributed by atoms with Crippen molar-refractivity contribution < 1.29 is 4.39 Å². The molecule has 36 heavy (non-hydrogen) atoms. The topological polar surface area (TPSA) is 0 Å². The van der Waals surface area contributed by atoms with Crippen LogP contribution in [0, 0.1) is 17.7 Å². The Morgan fingerprint density at radius 2 is 1.19 bits per heavy atom. The van der Waals surface area contributed by atoms with Crippen molar-refractivity contribution >= 4 is 10.8 Å². The van der Waals surface area contributed by atoms with E-state index in [0.29, 0.717) is 10.9 Å². The lowest BCUT2D eigenvalue weighted by Gasteiger charge is -2.06. The third-order valence-electron chi connectivity index (χ3n) is 6.90. The fraction of sp³-hybridized carbons (Fsp3) is 0.314. The predicted molar refractivity (Wildman–Crippen MR) is 152 cm³/mol. The minimum absolute atomic E-state index is 0.230. The first-order chi connectivity index (χ1) is 17.7. The maximum absolute atomic E-state index is 15.0. The minimum Gasteiger partial charge on any atom is -0.205 e. The fourth-order valence-electron chi connectivity index (χ4n) is 4.69. The van der Waals surface area contributed by atoms with Crippen LogP contribution < -0.4 is 0 Å². The summed E-state index contributed by atoms with van der Waals surface area (Å²) in [4.78, 5) is 0. The molecule has 0 bridgehead atoms. The molecule has 1 heteroatoms. The monoisotopic (exact) mass is 476 g/mol. The van der Waals surface area contributed by atoms with E-state index in [9.17, 15) is 0 Å². The standard InChI is InChI=1S/C35H37F/c1-3-5-6-7-9-27-10-12-28(13-11-27)14-15-29-16-18-30(19-17-29)20-22-32-23-24-33-26-31(8-4-2)21-25-34(33)35(32)36/h10-13,16-19,21,23-26H,3-9,14-15H2,1-2H3. The second kappa shape index (κ2) is 13.1. The minimum atomic E-state index is -0.230. The van der Waals surface area contributed by atoms with Crippen LogP contribution in [0.25, 0.3) is 10.8 Å². The molecule has 4 aromatic rings. The number of rotatable bonds is 10. The molecule has 4 rings (SSSR count). The van der Waals surface area contributed by atoms with Gasteiger partial charge in [-0.25, -0.2) is 4.39 Å². The highest BCUT2D eigenvalue weighted by Crippen LogP contribution is 2.23. The molecule has 0 fully saturated rings. The van der Waals surface area contributed by atoms with Gasteiger partial charge >= 0.3 is 0 Å². The van der Waals surface area contributed by atoms with E-state index in [1.165, 1.54) is 54.4 Å². The number of unbranched alkanes of at least 4 members (excludes halogenated alkanes) is 3. The van der Waals surface area contributed by atoms with E-state index in [0.717, 1.165) is 36.6 Å². The summed E-state index contributed by atoms with van der Waals surface area (Å²) in [6, 6.07) is 27.2. The molecule has 0 spiro atoms. The molecule has 0 nitrogen and oxygen atoms in total. The zero-order valence-corrected chi connectivity index (χ0v) is 21.7. The molecule has 0 heterocycles. The van der Waals surface area contributed by atoms with E-state index in [2.05, 4.69) is 68.2 Å². The summed E-state index contributed by atoms with van der Waals surface area (Å²) < 4.78 is 15.0. The van der Waals surface area contributed by atoms with Crippen LogP contribution in [-0.2, 0) is 25.7 Å². The van der Waals surface area contributed by atoms with E-state index in [-0.39, 0.29) is 5.82 Å². The second-order valence-electron chi connectivity index (χ2n) is 9.81. The molecule has 4 aromatic carbocycles. The van der Waals surface area contributed by atoms with Crippen LogP contribution in [0.3, 0.4) is 0 Å². The molecule has 0 aromatic heterocycles. The fourth-order valence-corrected chi connectivity index (χ4v) is 4.69. The summed E-state index contributed by atoms with van der Waals surface area (Å²) in [5.41, 5.74) is 6.72. The smallest absolute Gasteiger partial charge is 0.146 e. The highest BCUT2D eigenvalue weighted by Gasteiger charge is 2.06. The van der Waals surface area contributed by atoms with Gasteiger partial charge in [0.25, 0.3) is 0 Å². The van der Waals surface area contributed by atoms with Gasteiger partial charge in [0.2, 0.25) is 0 Å². The lowest BCUT2D eigenvalue weighted by Crippen LogP contribution is -1.93. The number of fused-ring (bicyclic) bond motifs is 1. The maximum atomic E-state index is 15.0. The molecule has 0 aliphatic carbocycles. The van der Waals surface area contributed by atoms with Crippen molar-refractivity contribution in [1.82, 2.24) is 0 Å². The van der Waals surface area contributed by atoms with Crippen molar-refractivity contribution in [2.75, 3.05) is 0 Å². The van der Waals surface area contributed by atoms with Crippen LogP contribution in [0.15, 0.2) is 78.9 Å². The molecule has 0 radical (unpaired) electrons. The largest absolute Gasteiger partial charge is 0.205 e. The van der Waals surface area contributed by atoms with E-state index < -0.39 is 0 Å². The first-order valence-corrected chi connectivity index (χ1v) is 13.6. The lowest BCUT2D eigenvalue weighted by atomic mass is 10.00. The molecule has 0 atom stereocenters. The summed E-state index contributed by atoms with van der Waals surface area (Å²) in [7, 11) is 0. The number of hydrogen-bond donors (Lipinski definition) is 0.